The van der Waals surface area contributed by atoms with Gasteiger partial charge in [0.15, 0.2) is 0 Å². The van der Waals surface area contributed by atoms with E-state index in [-0.39, 0.29) is 18.1 Å². The van der Waals surface area contributed by atoms with Gasteiger partial charge in [-0.25, -0.2) is 0 Å². The fourth-order valence-electron chi connectivity index (χ4n) is 4.53. The SMILES string of the molecule is Cc1[nH]c2ccccc2c1[C@@H]1c2ccccc2C(=O)N1C[C@@H]1CCCO1. The predicted octanol–water partition coefficient (Wildman–Crippen LogP) is 4.20. The normalized spacial score (nSPS) is 22.3. The molecule has 132 valence electrons. The van der Waals surface area contributed by atoms with Crippen LogP contribution in [-0.2, 0) is 4.74 Å². The Balaban J connectivity index is 1.67. The molecule has 2 aliphatic heterocycles. The van der Waals surface area contributed by atoms with Gasteiger partial charge in [-0.15, -0.1) is 0 Å². The van der Waals surface area contributed by atoms with Crippen molar-refractivity contribution in [1.29, 1.82) is 0 Å². The van der Waals surface area contributed by atoms with E-state index in [1.165, 1.54) is 10.9 Å². The molecule has 0 spiro atoms. The smallest absolute Gasteiger partial charge is 0.255 e. The first-order chi connectivity index (χ1) is 12.7. The molecule has 0 aliphatic carbocycles. The van der Waals surface area contributed by atoms with Crippen LogP contribution < -0.4 is 0 Å². The van der Waals surface area contributed by atoms with Gasteiger partial charge in [-0.2, -0.15) is 0 Å². The first-order valence-electron chi connectivity index (χ1n) is 9.33. The molecule has 4 heteroatoms. The number of carbonyl (C=O) groups is 1. The van der Waals surface area contributed by atoms with E-state index in [1.54, 1.807) is 0 Å². The molecule has 1 N–H and O–H groups in total. The second-order valence-electron chi connectivity index (χ2n) is 7.29. The number of rotatable bonds is 3. The molecule has 1 fully saturated rings. The minimum Gasteiger partial charge on any atom is -0.376 e. The van der Waals surface area contributed by atoms with Crippen molar-refractivity contribution in [1.82, 2.24) is 9.88 Å². The van der Waals surface area contributed by atoms with E-state index in [1.807, 2.05) is 29.2 Å². The Labute approximate surface area is 152 Å². The Bertz CT molecular complexity index is 985. The third kappa shape index (κ3) is 2.29. The number of hydrogen-bond acceptors (Lipinski definition) is 2. The summed E-state index contributed by atoms with van der Waals surface area (Å²) < 4.78 is 5.84. The Morgan fingerprint density at radius 3 is 2.81 bits per heavy atom. The highest BCUT2D eigenvalue weighted by atomic mass is 16.5. The van der Waals surface area contributed by atoms with Gasteiger partial charge in [0.2, 0.25) is 0 Å². The summed E-state index contributed by atoms with van der Waals surface area (Å²) in [5.74, 6) is 0.116. The molecule has 0 radical (unpaired) electrons. The Kier molecular flexibility index (Phi) is 3.61. The maximum atomic E-state index is 13.2. The van der Waals surface area contributed by atoms with Crippen LogP contribution in [0.3, 0.4) is 0 Å². The number of benzene rings is 2. The molecule has 2 atom stereocenters. The summed E-state index contributed by atoms with van der Waals surface area (Å²) in [4.78, 5) is 18.7. The highest BCUT2D eigenvalue weighted by Gasteiger charge is 2.40. The lowest BCUT2D eigenvalue weighted by molar-refractivity contribution is 0.0500. The summed E-state index contributed by atoms with van der Waals surface area (Å²) >= 11 is 0. The van der Waals surface area contributed by atoms with Crippen LogP contribution in [0.4, 0.5) is 0 Å². The van der Waals surface area contributed by atoms with Gasteiger partial charge in [0.25, 0.3) is 5.91 Å². The maximum Gasteiger partial charge on any atom is 0.255 e. The highest BCUT2D eigenvalue weighted by Crippen LogP contribution is 2.43. The number of aromatic nitrogens is 1. The van der Waals surface area contributed by atoms with Gasteiger partial charge in [0, 0.05) is 40.9 Å². The van der Waals surface area contributed by atoms with Crippen LogP contribution in [0.2, 0.25) is 0 Å². The van der Waals surface area contributed by atoms with E-state index in [2.05, 4.69) is 36.2 Å². The average Bonchev–Trinajstić information content (AvgIpc) is 3.34. The Morgan fingerprint density at radius 2 is 1.96 bits per heavy atom. The largest absolute Gasteiger partial charge is 0.376 e. The molecule has 2 aliphatic rings. The van der Waals surface area contributed by atoms with Gasteiger partial charge < -0.3 is 14.6 Å². The number of amides is 1. The molecule has 0 saturated carbocycles. The summed E-state index contributed by atoms with van der Waals surface area (Å²) in [6.07, 6.45) is 2.25. The molecule has 3 aromatic rings. The molecule has 26 heavy (non-hydrogen) atoms. The van der Waals surface area contributed by atoms with Gasteiger partial charge in [0.1, 0.15) is 0 Å². The zero-order chi connectivity index (χ0) is 17.7. The number of para-hydroxylation sites is 1. The zero-order valence-electron chi connectivity index (χ0n) is 14.9. The van der Waals surface area contributed by atoms with Crippen LogP contribution in [0.5, 0.6) is 0 Å². The topological polar surface area (TPSA) is 45.3 Å². The average molecular weight is 346 g/mol. The highest BCUT2D eigenvalue weighted by molar-refractivity contribution is 6.01. The molecular formula is C22H22N2O2. The minimum absolute atomic E-state index is 0.0564. The summed E-state index contributed by atoms with van der Waals surface area (Å²) in [6.45, 7) is 3.55. The van der Waals surface area contributed by atoms with Crippen molar-refractivity contribution in [3.8, 4) is 0 Å². The van der Waals surface area contributed by atoms with Crippen molar-refractivity contribution in [3.05, 3.63) is 70.9 Å². The summed E-state index contributed by atoms with van der Waals surface area (Å²) in [6, 6.07) is 16.3. The molecule has 0 bridgehead atoms. The lowest BCUT2D eigenvalue weighted by Gasteiger charge is -2.28. The summed E-state index contributed by atoms with van der Waals surface area (Å²) in [5.41, 5.74) is 5.37. The van der Waals surface area contributed by atoms with Crippen LogP contribution in [0.25, 0.3) is 10.9 Å². The van der Waals surface area contributed by atoms with Gasteiger partial charge in [-0.3, -0.25) is 4.79 Å². The summed E-state index contributed by atoms with van der Waals surface area (Å²) in [5, 5.41) is 1.19. The van der Waals surface area contributed by atoms with Crippen molar-refractivity contribution in [2.45, 2.75) is 31.9 Å². The Hall–Kier alpha value is -2.59. The molecule has 2 aromatic carbocycles. The third-order valence-corrected chi connectivity index (χ3v) is 5.70. The third-order valence-electron chi connectivity index (χ3n) is 5.70. The lowest BCUT2D eigenvalue weighted by atomic mass is 9.95. The molecule has 1 saturated heterocycles. The van der Waals surface area contributed by atoms with E-state index in [0.717, 1.165) is 41.8 Å². The molecule has 4 nitrogen and oxygen atoms in total. The van der Waals surface area contributed by atoms with Crippen LogP contribution in [0, 0.1) is 6.92 Å². The number of carbonyl (C=O) groups excluding carboxylic acids is 1. The molecule has 3 heterocycles. The van der Waals surface area contributed by atoms with Crippen LogP contribution >= 0.6 is 0 Å². The van der Waals surface area contributed by atoms with Crippen molar-refractivity contribution in [2.75, 3.05) is 13.2 Å². The number of ether oxygens (including phenoxy) is 1. The predicted molar refractivity (Wildman–Crippen MR) is 101 cm³/mol. The molecule has 5 rings (SSSR count). The lowest BCUT2D eigenvalue weighted by Crippen LogP contribution is -2.35. The van der Waals surface area contributed by atoms with E-state index >= 15 is 0 Å². The van der Waals surface area contributed by atoms with E-state index in [0.29, 0.717) is 6.54 Å². The van der Waals surface area contributed by atoms with Gasteiger partial charge in [0.05, 0.1) is 12.1 Å². The second kappa shape index (κ2) is 5.99. The first-order valence-corrected chi connectivity index (χ1v) is 9.33. The zero-order valence-corrected chi connectivity index (χ0v) is 14.9. The number of aryl methyl sites for hydroxylation is 1. The number of aromatic amines is 1. The molecular weight excluding hydrogens is 324 g/mol. The van der Waals surface area contributed by atoms with E-state index in [4.69, 9.17) is 4.74 Å². The van der Waals surface area contributed by atoms with Crippen molar-refractivity contribution < 1.29 is 9.53 Å². The molecule has 1 aromatic heterocycles. The van der Waals surface area contributed by atoms with Crippen LogP contribution in [0.1, 0.15) is 46.1 Å². The van der Waals surface area contributed by atoms with Gasteiger partial charge >= 0.3 is 0 Å². The fourth-order valence-corrected chi connectivity index (χ4v) is 4.53. The number of hydrogen-bond donors (Lipinski definition) is 1. The Morgan fingerprint density at radius 1 is 1.15 bits per heavy atom. The minimum atomic E-state index is -0.0564. The van der Waals surface area contributed by atoms with Crippen molar-refractivity contribution in [3.63, 3.8) is 0 Å². The van der Waals surface area contributed by atoms with Crippen LogP contribution in [-0.4, -0.2) is 35.0 Å². The van der Waals surface area contributed by atoms with Gasteiger partial charge in [-0.05, 0) is 37.5 Å². The maximum absolute atomic E-state index is 13.2. The van der Waals surface area contributed by atoms with Gasteiger partial charge in [-0.1, -0.05) is 36.4 Å². The molecule has 1 amide bonds. The number of nitrogens with zero attached hydrogens (tertiary/aromatic N) is 1. The van der Waals surface area contributed by atoms with Crippen molar-refractivity contribution >= 4 is 16.8 Å². The number of nitrogens with one attached hydrogen (secondary N) is 1. The standard InChI is InChI=1S/C22H22N2O2/c1-14-20(18-10-4-5-11-19(18)23-14)21-16-8-2-3-9-17(16)22(25)24(21)13-15-7-6-12-26-15/h2-5,8-11,15,21,23H,6-7,12-13H2,1H3/t15-,21-/m0/s1. The molecule has 0 unspecified atom stereocenters. The summed E-state index contributed by atoms with van der Waals surface area (Å²) in [7, 11) is 0. The first kappa shape index (κ1) is 15.6. The van der Waals surface area contributed by atoms with E-state index in [9.17, 15) is 4.79 Å². The number of H-pyrrole nitrogens is 1. The van der Waals surface area contributed by atoms with E-state index < -0.39 is 0 Å². The van der Waals surface area contributed by atoms with Crippen molar-refractivity contribution in [2.24, 2.45) is 0 Å². The van der Waals surface area contributed by atoms with Crippen LogP contribution in [0.15, 0.2) is 48.5 Å². The monoisotopic (exact) mass is 346 g/mol. The number of fused-ring (bicyclic) bond motifs is 2. The quantitative estimate of drug-likeness (QED) is 0.772. The second-order valence-corrected chi connectivity index (χ2v) is 7.29. The fraction of sp³-hybridized carbons (Fsp3) is 0.318.